The number of hydrogen-bond acceptors (Lipinski definition) is 3. The average Bonchev–Trinajstić information content (AvgIpc) is 3.78. The zero-order chi connectivity index (χ0) is 30.0. The summed E-state index contributed by atoms with van der Waals surface area (Å²) in [6.07, 6.45) is 20.7. The predicted molar refractivity (Wildman–Crippen MR) is 185 cm³/mol. The summed E-state index contributed by atoms with van der Waals surface area (Å²) in [6, 6.07) is 15.0. The minimum Gasteiger partial charge on any atom is -1.00 e. The van der Waals surface area contributed by atoms with Gasteiger partial charge in [0, 0.05) is 55.0 Å². The normalized spacial score (nSPS) is 23.1. The Kier molecular flexibility index (Phi) is 25.5. The van der Waals surface area contributed by atoms with Crippen molar-refractivity contribution < 1.29 is 85.5 Å². The lowest BCUT2D eigenvalue weighted by Gasteiger charge is -2.34. The highest BCUT2D eigenvalue weighted by Crippen LogP contribution is 2.36. The van der Waals surface area contributed by atoms with Crippen molar-refractivity contribution in [3.8, 4) is 0 Å². The molecule has 47 heavy (non-hydrogen) atoms. The second-order valence-electron chi connectivity index (χ2n) is 12.7. The minimum atomic E-state index is 0. The van der Waals surface area contributed by atoms with E-state index in [0.29, 0.717) is 18.1 Å². The first-order valence-electron chi connectivity index (χ1n) is 16.5. The van der Waals surface area contributed by atoms with E-state index < -0.39 is 0 Å². The largest absolute Gasteiger partial charge is 1.00 e. The van der Waals surface area contributed by atoms with Gasteiger partial charge < -0.3 is 76.4 Å². The molecule has 0 aromatic carbocycles. The molecule has 3 aliphatic rings. The van der Waals surface area contributed by atoms with Crippen molar-refractivity contribution in [1.29, 1.82) is 0 Å². The van der Waals surface area contributed by atoms with Crippen molar-refractivity contribution in [2.24, 2.45) is 0 Å². The molecule has 6 nitrogen and oxygen atoms in total. The molecule has 4 atom stereocenters. The van der Waals surface area contributed by atoms with Crippen LogP contribution in [0, 0.1) is 0 Å². The molecule has 6 heterocycles. The molecule has 3 fully saturated rings. The van der Waals surface area contributed by atoms with Crippen molar-refractivity contribution in [3.63, 3.8) is 0 Å². The van der Waals surface area contributed by atoms with Crippen LogP contribution in [0.3, 0.4) is 0 Å². The van der Waals surface area contributed by atoms with Gasteiger partial charge in [0.15, 0.2) is 24.8 Å². The number of pyridine rings is 3. The Labute approximate surface area is 340 Å². The highest BCUT2D eigenvalue weighted by Gasteiger charge is 2.38. The molecule has 3 aliphatic heterocycles. The Morgan fingerprint density at radius 3 is 1.70 bits per heavy atom. The number of hydrogen-bond donors (Lipinski definition) is 0. The third-order valence-corrected chi connectivity index (χ3v) is 9.99. The lowest BCUT2D eigenvalue weighted by atomic mass is 10.1. The van der Waals surface area contributed by atoms with Gasteiger partial charge in [0.2, 0.25) is 0 Å². The van der Waals surface area contributed by atoms with Crippen molar-refractivity contribution in [1.82, 2.24) is 14.8 Å². The zero-order valence-electron chi connectivity index (χ0n) is 28.5. The second kappa shape index (κ2) is 24.6. The lowest BCUT2D eigenvalue weighted by molar-refractivity contribution is -0.925. The summed E-state index contributed by atoms with van der Waals surface area (Å²) in [4.78, 5) is 8.99. The van der Waals surface area contributed by atoms with Crippen molar-refractivity contribution in [3.05, 3.63) is 90.3 Å². The molecule has 0 saturated carbocycles. The average molecular weight is 987 g/mol. The zero-order valence-corrected chi connectivity index (χ0v) is 34.9. The van der Waals surface area contributed by atoms with Crippen LogP contribution in [0.2, 0.25) is 0 Å². The fraction of sp³-hybridized carbons (Fsp3) is 0.605. The maximum absolute atomic E-state index is 4.14. The molecule has 0 amide bonds. The van der Waals surface area contributed by atoms with Gasteiger partial charge in [0.05, 0.1) is 25.7 Å². The maximum Gasteiger partial charge on any atom is 0.177 e. The van der Waals surface area contributed by atoms with Crippen molar-refractivity contribution in [2.75, 3.05) is 47.3 Å². The van der Waals surface area contributed by atoms with Gasteiger partial charge >= 0.3 is 0 Å². The van der Waals surface area contributed by atoms with E-state index in [0.717, 1.165) is 13.1 Å². The number of halogens is 3. The smallest absolute Gasteiger partial charge is 0.177 e. The summed E-state index contributed by atoms with van der Waals surface area (Å²) in [7, 11) is 6.81. The van der Waals surface area contributed by atoms with E-state index in [1.165, 1.54) is 85.9 Å². The SMILES string of the molecule is C.C.CC[n+]1cccc(C2CCCN2C)c1.CC[n+]1cccc(C2CCC[N+]2(C)CC)c1.CN1CCCC1c1cccnc1.[I-].[I-].[I-]. The first-order valence-corrected chi connectivity index (χ1v) is 16.5. The number of nitrogens with zero attached hydrogens (tertiary/aromatic N) is 6. The van der Waals surface area contributed by atoms with Gasteiger partial charge in [0.25, 0.3) is 0 Å². The highest BCUT2D eigenvalue weighted by atomic mass is 127. The predicted octanol–water partition coefficient (Wildman–Crippen LogP) is -1.81. The molecule has 9 heteroatoms. The molecular weight excluding hydrogens is 921 g/mol. The van der Waals surface area contributed by atoms with E-state index in [1.807, 2.05) is 18.5 Å². The molecule has 0 radical (unpaired) electrons. The summed E-state index contributed by atoms with van der Waals surface area (Å²) in [5.74, 6) is 0. The molecule has 0 spiro atoms. The number of likely N-dealkylation sites (tertiary alicyclic amines) is 3. The van der Waals surface area contributed by atoms with E-state index in [4.69, 9.17) is 0 Å². The van der Waals surface area contributed by atoms with Gasteiger partial charge in [0.1, 0.15) is 19.1 Å². The van der Waals surface area contributed by atoms with Gasteiger partial charge in [-0.25, -0.2) is 9.13 Å². The molecule has 3 aromatic heterocycles. The fourth-order valence-electron chi connectivity index (χ4n) is 7.13. The van der Waals surface area contributed by atoms with Crippen LogP contribution in [0.4, 0.5) is 0 Å². The Morgan fingerprint density at radius 2 is 1.23 bits per heavy atom. The summed E-state index contributed by atoms with van der Waals surface area (Å²) in [5, 5.41) is 0. The first-order chi connectivity index (χ1) is 20.4. The van der Waals surface area contributed by atoms with E-state index in [-0.39, 0.29) is 86.8 Å². The van der Waals surface area contributed by atoms with Crippen molar-refractivity contribution >= 4 is 0 Å². The van der Waals surface area contributed by atoms with Crippen molar-refractivity contribution in [2.45, 2.75) is 105 Å². The van der Waals surface area contributed by atoms with E-state index >= 15 is 0 Å². The molecule has 268 valence electrons. The summed E-state index contributed by atoms with van der Waals surface area (Å²) < 4.78 is 5.75. The summed E-state index contributed by atoms with van der Waals surface area (Å²) in [6.45, 7) is 13.9. The minimum absolute atomic E-state index is 0. The summed E-state index contributed by atoms with van der Waals surface area (Å²) >= 11 is 0. The highest BCUT2D eigenvalue weighted by molar-refractivity contribution is 5.15. The van der Waals surface area contributed by atoms with Crippen LogP contribution in [0.25, 0.3) is 0 Å². The van der Waals surface area contributed by atoms with Gasteiger partial charge in [-0.15, -0.1) is 0 Å². The van der Waals surface area contributed by atoms with E-state index in [1.54, 1.807) is 0 Å². The van der Waals surface area contributed by atoms with E-state index in [2.05, 4.69) is 121 Å². The maximum atomic E-state index is 4.14. The molecular formula is C38H65I3N6. The standard InChI is InChI=1S/C14H24N2.C12H19N2.C10H14N2.2CH4.3HI/c1-4-15-10-6-8-13(12-15)14-9-7-11-16(14,3)5-2;1-3-14-9-4-6-11(10-14)12-7-5-8-13(12)2;1-12-7-3-5-10(12)9-4-2-6-11-8-9;;;;;/h6,8,10,12,14H,4-5,7,9,11H2,1-3H3;4,6,9-10,12H,3,5,7-8H2,1-2H3;2,4,6,8,10H,3,5,7H2,1H3;2*1H4;3*1H/q+2;+1;;;;;;/p-3. The number of rotatable bonds is 6. The Hall–Kier alpha value is -0.480. The number of aromatic nitrogens is 3. The third kappa shape index (κ3) is 13.6. The van der Waals surface area contributed by atoms with Gasteiger partial charge in [-0.2, -0.15) is 0 Å². The fourth-order valence-corrected chi connectivity index (χ4v) is 7.13. The van der Waals surface area contributed by atoms with Gasteiger partial charge in [-0.1, -0.05) is 20.9 Å². The molecule has 0 N–H and O–H groups in total. The lowest BCUT2D eigenvalue weighted by Crippen LogP contribution is -3.00. The third-order valence-electron chi connectivity index (χ3n) is 9.99. The van der Waals surface area contributed by atoms with Crippen LogP contribution in [-0.4, -0.2) is 66.6 Å². The monoisotopic (exact) mass is 986 g/mol. The van der Waals surface area contributed by atoms with Crippen LogP contribution in [0.1, 0.15) is 109 Å². The Morgan fingerprint density at radius 1 is 0.723 bits per heavy atom. The summed E-state index contributed by atoms with van der Waals surface area (Å²) in [5.41, 5.74) is 4.35. The van der Waals surface area contributed by atoms with Crippen LogP contribution >= 0.6 is 0 Å². The molecule has 4 unspecified atom stereocenters. The van der Waals surface area contributed by atoms with Crippen LogP contribution in [0.5, 0.6) is 0 Å². The van der Waals surface area contributed by atoms with E-state index in [9.17, 15) is 0 Å². The molecule has 3 aromatic rings. The molecule has 3 saturated heterocycles. The van der Waals surface area contributed by atoms with Crippen LogP contribution in [0.15, 0.2) is 73.6 Å². The first kappa shape index (κ1) is 48.6. The Bertz CT molecular complexity index is 1230. The molecule has 0 aliphatic carbocycles. The topological polar surface area (TPSA) is 27.1 Å². The second-order valence-corrected chi connectivity index (χ2v) is 12.7. The number of quaternary nitrogens is 1. The van der Waals surface area contributed by atoms with Gasteiger partial charge in [-0.3, -0.25) is 14.8 Å². The quantitative estimate of drug-likeness (QED) is 0.166. The van der Waals surface area contributed by atoms with Crippen LogP contribution in [-0.2, 0) is 13.1 Å². The van der Waals surface area contributed by atoms with Crippen LogP contribution < -0.4 is 81.1 Å². The Balaban J connectivity index is 0. The molecule has 0 bridgehead atoms. The van der Waals surface area contributed by atoms with Gasteiger partial charge in [-0.05, 0) is 97.4 Å². The number of aryl methyl sites for hydroxylation is 2. The molecule has 6 rings (SSSR count).